The summed E-state index contributed by atoms with van der Waals surface area (Å²) >= 11 is 0. The fourth-order valence-electron chi connectivity index (χ4n) is 2.60. The molecule has 22 heavy (non-hydrogen) atoms. The van der Waals surface area contributed by atoms with E-state index in [4.69, 9.17) is 0 Å². The van der Waals surface area contributed by atoms with Crippen LogP contribution in [0.25, 0.3) is 10.8 Å². The van der Waals surface area contributed by atoms with Crippen molar-refractivity contribution in [2.75, 3.05) is 0 Å². The third-order valence-corrected chi connectivity index (χ3v) is 3.95. The van der Waals surface area contributed by atoms with E-state index in [1.165, 1.54) is 4.68 Å². The summed E-state index contributed by atoms with van der Waals surface area (Å²) < 4.78 is 1.38. The molecule has 1 aromatic heterocycles. The largest absolute Gasteiger partial charge is 0.285 e. The van der Waals surface area contributed by atoms with Crippen molar-refractivity contribution in [1.29, 1.82) is 5.26 Å². The summed E-state index contributed by atoms with van der Waals surface area (Å²) in [6.07, 6.45) is 0. The van der Waals surface area contributed by atoms with Crippen LogP contribution in [0.4, 0.5) is 0 Å². The first-order chi connectivity index (χ1) is 10.6. The lowest BCUT2D eigenvalue weighted by Gasteiger charge is -2.11. The fourth-order valence-corrected chi connectivity index (χ4v) is 2.60. The van der Waals surface area contributed by atoms with Crippen LogP contribution < -0.4 is 5.56 Å². The smallest absolute Gasteiger partial charge is 0.266 e. The predicted octanol–water partition coefficient (Wildman–Crippen LogP) is 2.93. The Kier molecular flexibility index (Phi) is 3.48. The first-order valence-electron chi connectivity index (χ1n) is 7.07. The number of fused-ring (bicyclic) bond motifs is 1. The van der Waals surface area contributed by atoms with Gasteiger partial charge in [0.1, 0.15) is 11.6 Å². The number of rotatable bonds is 2. The maximum atomic E-state index is 12.4. The topological polar surface area (TPSA) is 58.7 Å². The predicted molar refractivity (Wildman–Crippen MR) is 85.7 cm³/mol. The van der Waals surface area contributed by atoms with Crippen molar-refractivity contribution in [3.05, 3.63) is 75.2 Å². The number of aromatic nitrogens is 2. The molecule has 0 saturated carbocycles. The maximum absolute atomic E-state index is 12.4. The number of nitriles is 1. The van der Waals surface area contributed by atoms with Gasteiger partial charge in [0.05, 0.1) is 12.2 Å². The second kappa shape index (κ2) is 5.45. The summed E-state index contributed by atoms with van der Waals surface area (Å²) in [6, 6.07) is 16.0. The minimum absolute atomic E-state index is 0.174. The zero-order valence-electron chi connectivity index (χ0n) is 12.5. The zero-order chi connectivity index (χ0) is 15.7. The number of aryl methyl sites for hydroxylation is 1. The van der Waals surface area contributed by atoms with E-state index in [0.29, 0.717) is 17.8 Å². The van der Waals surface area contributed by atoms with Crippen LogP contribution in [-0.2, 0) is 6.54 Å². The van der Waals surface area contributed by atoms with Gasteiger partial charge >= 0.3 is 0 Å². The first kappa shape index (κ1) is 14.0. The van der Waals surface area contributed by atoms with E-state index in [-0.39, 0.29) is 11.1 Å². The van der Waals surface area contributed by atoms with Gasteiger partial charge in [-0.2, -0.15) is 10.4 Å². The van der Waals surface area contributed by atoms with Crippen LogP contribution in [0, 0.1) is 25.2 Å². The van der Waals surface area contributed by atoms with Crippen molar-refractivity contribution < 1.29 is 0 Å². The summed E-state index contributed by atoms with van der Waals surface area (Å²) in [5.74, 6) is 0. The minimum Gasteiger partial charge on any atom is -0.266 e. The van der Waals surface area contributed by atoms with Crippen LogP contribution >= 0.6 is 0 Å². The third-order valence-electron chi connectivity index (χ3n) is 3.95. The summed E-state index contributed by atoms with van der Waals surface area (Å²) in [6.45, 7) is 3.93. The molecule has 0 unspecified atom stereocenters. The Morgan fingerprint density at radius 1 is 1.14 bits per heavy atom. The van der Waals surface area contributed by atoms with Crippen molar-refractivity contribution >= 4 is 10.8 Å². The highest BCUT2D eigenvalue weighted by Crippen LogP contribution is 2.19. The van der Waals surface area contributed by atoms with Crippen molar-refractivity contribution in [2.45, 2.75) is 20.4 Å². The molecule has 0 bridgehead atoms. The van der Waals surface area contributed by atoms with E-state index in [1.807, 2.05) is 55.5 Å². The lowest BCUT2D eigenvalue weighted by molar-refractivity contribution is 0.625. The molecule has 0 spiro atoms. The Morgan fingerprint density at radius 3 is 2.64 bits per heavy atom. The monoisotopic (exact) mass is 289 g/mol. The van der Waals surface area contributed by atoms with Crippen LogP contribution in [0.5, 0.6) is 0 Å². The molecule has 0 N–H and O–H groups in total. The van der Waals surface area contributed by atoms with E-state index >= 15 is 0 Å². The quantitative estimate of drug-likeness (QED) is 0.728. The number of benzene rings is 2. The number of nitrogens with zero attached hydrogens (tertiary/aromatic N) is 3. The van der Waals surface area contributed by atoms with Gasteiger partial charge in [0.25, 0.3) is 5.56 Å². The number of hydrogen-bond donors (Lipinski definition) is 0. The van der Waals surface area contributed by atoms with Gasteiger partial charge in [-0.15, -0.1) is 0 Å². The molecule has 3 aromatic rings. The Hall–Kier alpha value is -2.93. The SMILES string of the molecule is Cc1nn(Cc2cccc3ccccc23)c(=O)c(C#N)c1C. The van der Waals surface area contributed by atoms with E-state index in [0.717, 1.165) is 16.3 Å². The highest BCUT2D eigenvalue weighted by molar-refractivity contribution is 5.85. The summed E-state index contributed by atoms with van der Waals surface area (Å²) in [5.41, 5.74) is 2.21. The summed E-state index contributed by atoms with van der Waals surface area (Å²) in [4.78, 5) is 12.4. The average Bonchev–Trinajstić information content (AvgIpc) is 2.53. The molecule has 0 aliphatic rings. The molecule has 1 heterocycles. The van der Waals surface area contributed by atoms with Crippen molar-refractivity contribution in [1.82, 2.24) is 9.78 Å². The molecule has 4 nitrogen and oxygen atoms in total. The van der Waals surface area contributed by atoms with Gasteiger partial charge in [-0.1, -0.05) is 42.5 Å². The van der Waals surface area contributed by atoms with Crippen LogP contribution in [0.3, 0.4) is 0 Å². The molecule has 4 heteroatoms. The van der Waals surface area contributed by atoms with E-state index < -0.39 is 0 Å². The van der Waals surface area contributed by atoms with Crippen LogP contribution in [-0.4, -0.2) is 9.78 Å². The molecule has 0 fully saturated rings. The summed E-state index contributed by atoms with van der Waals surface area (Å²) in [7, 11) is 0. The zero-order valence-corrected chi connectivity index (χ0v) is 12.5. The number of hydrogen-bond acceptors (Lipinski definition) is 3. The molecule has 0 amide bonds. The molecular formula is C18H15N3O. The standard InChI is InChI=1S/C18H15N3O/c1-12-13(2)20-21(18(22)17(12)10-19)11-15-8-5-7-14-6-3-4-9-16(14)15/h3-9H,11H2,1-2H3. The van der Waals surface area contributed by atoms with Crippen LogP contribution in [0.1, 0.15) is 22.4 Å². The molecule has 0 saturated heterocycles. The van der Waals surface area contributed by atoms with E-state index in [2.05, 4.69) is 5.10 Å². The Morgan fingerprint density at radius 2 is 1.86 bits per heavy atom. The second-order valence-corrected chi connectivity index (χ2v) is 5.30. The summed E-state index contributed by atoms with van der Waals surface area (Å²) in [5, 5.41) is 15.7. The van der Waals surface area contributed by atoms with Gasteiger partial charge in [-0.05, 0) is 35.7 Å². The molecule has 0 radical (unpaired) electrons. The average molecular weight is 289 g/mol. The molecule has 3 rings (SSSR count). The third kappa shape index (κ3) is 2.27. The highest BCUT2D eigenvalue weighted by atomic mass is 16.1. The van der Waals surface area contributed by atoms with Crippen molar-refractivity contribution in [3.8, 4) is 6.07 Å². The normalized spacial score (nSPS) is 10.6. The highest BCUT2D eigenvalue weighted by Gasteiger charge is 2.12. The molecule has 0 atom stereocenters. The van der Waals surface area contributed by atoms with Crippen molar-refractivity contribution in [3.63, 3.8) is 0 Å². The Balaban J connectivity index is 2.16. The van der Waals surface area contributed by atoms with Gasteiger partial charge < -0.3 is 0 Å². The van der Waals surface area contributed by atoms with Crippen LogP contribution in [0.2, 0.25) is 0 Å². The van der Waals surface area contributed by atoms with E-state index in [9.17, 15) is 10.1 Å². The maximum Gasteiger partial charge on any atom is 0.285 e. The molecular weight excluding hydrogens is 274 g/mol. The van der Waals surface area contributed by atoms with Crippen LogP contribution in [0.15, 0.2) is 47.3 Å². The van der Waals surface area contributed by atoms with Gasteiger partial charge in [-0.3, -0.25) is 4.79 Å². The molecule has 2 aromatic carbocycles. The lowest BCUT2D eigenvalue weighted by Crippen LogP contribution is -2.28. The lowest BCUT2D eigenvalue weighted by atomic mass is 10.0. The Labute approximate surface area is 128 Å². The molecule has 0 aliphatic carbocycles. The first-order valence-corrected chi connectivity index (χ1v) is 7.07. The Bertz CT molecular complexity index is 959. The minimum atomic E-state index is -0.335. The second-order valence-electron chi connectivity index (χ2n) is 5.30. The van der Waals surface area contributed by atoms with Gasteiger partial charge in [-0.25, -0.2) is 4.68 Å². The van der Waals surface area contributed by atoms with Gasteiger partial charge in [0.15, 0.2) is 0 Å². The van der Waals surface area contributed by atoms with Gasteiger partial charge in [0, 0.05) is 0 Å². The fraction of sp³-hybridized carbons (Fsp3) is 0.167. The molecule has 0 aliphatic heterocycles. The van der Waals surface area contributed by atoms with Gasteiger partial charge in [0.2, 0.25) is 0 Å². The molecule has 108 valence electrons. The van der Waals surface area contributed by atoms with Crippen molar-refractivity contribution in [2.24, 2.45) is 0 Å². The van der Waals surface area contributed by atoms with E-state index in [1.54, 1.807) is 6.92 Å².